The maximum absolute atomic E-state index is 12.0. The van der Waals surface area contributed by atoms with Gasteiger partial charge < -0.3 is 5.32 Å². The molecular weight excluding hydrogens is 236 g/mol. The van der Waals surface area contributed by atoms with Crippen molar-refractivity contribution in [2.24, 2.45) is 0 Å². The number of nitrogens with zero attached hydrogens (tertiary/aromatic N) is 1. The number of unbranched alkanes of at least 4 members (excludes halogenated alkanes) is 6. The van der Waals surface area contributed by atoms with Crippen LogP contribution in [0.3, 0.4) is 0 Å². The highest BCUT2D eigenvalue weighted by atomic mass is 16.2. The van der Waals surface area contributed by atoms with E-state index in [1.165, 1.54) is 51.4 Å². The Morgan fingerprint density at radius 3 is 2.47 bits per heavy atom. The van der Waals surface area contributed by atoms with Gasteiger partial charge >= 0.3 is 0 Å². The molecule has 1 saturated heterocycles. The van der Waals surface area contributed by atoms with Crippen molar-refractivity contribution in [3.05, 3.63) is 0 Å². The fourth-order valence-electron chi connectivity index (χ4n) is 2.82. The Hall–Kier alpha value is -0.570. The first kappa shape index (κ1) is 16.5. The second kappa shape index (κ2) is 10.2. The van der Waals surface area contributed by atoms with Crippen molar-refractivity contribution in [3.8, 4) is 0 Å². The van der Waals surface area contributed by atoms with Crippen LogP contribution in [0.15, 0.2) is 0 Å². The standard InChI is InChI=1S/C16H32N2O/c1-3-4-5-6-7-8-10-13-17-16(19)15-12-9-11-14-18(15)2/h15H,3-14H2,1-2H3,(H,17,19). The van der Waals surface area contributed by atoms with E-state index in [9.17, 15) is 4.79 Å². The minimum atomic E-state index is 0.123. The zero-order chi connectivity index (χ0) is 13.9. The lowest BCUT2D eigenvalue weighted by atomic mass is 10.0. The summed E-state index contributed by atoms with van der Waals surface area (Å²) < 4.78 is 0. The third-order valence-corrected chi connectivity index (χ3v) is 4.15. The summed E-state index contributed by atoms with van der Waals surface area (Å²) in [6, 6.07) is 0.123. The summed E-state index contributed by atoms with van der Waals surface area (Å²) in [6.07, 6.45) is 12.6. The molecule has 19 heavy (non-hydrogen) atoms. The maximum atomic E-state index is 12.0. The molecule has 1 fully saturated rings. The fourth-order valence-corrected chi connectivity index (χ4v) is 2.82. The molecule has 3 nitrogen and oxygen atoms in total. The van der Waals surface area contributed by atoms with Gasteiger partial charge in [-0.1, -0.05) is 51.9 Å². The van der Waals surface area contributed by atoms with Gasteiger partial charge in [-0.2, -0.15) is 0 Å². The molecule has 1 atom stereocenters. The summed E-state index contributed by atoms with van der Waals surface area (Å²) in [5, 5.41) is 3.10. The molecule has 112 valence electrons. The summed E-state index contributed by atoms with van der Waals surface area (Å²) in [4.78, 5) is 14.2. The van der Waals surface area contributed by atoms with E-state index >= 15 is 0 Å². The Morgan fingerprint density at radius 2 is 1.79 bits per heavy atom. The van der Waals surface area contributed by atoms with Crippen LogP contribution in [-0.2, 0) is 4.79 Å². The van der Waals surface area contributed by atoms with Gasteiger partial charge in [0.2, 0.25) is 5.91 Å². The van der Waals surface area contributed by atoms with Crippen LogP contribution < -0.4 is 5.32 Å². The molecule has 0 aliphatic carbocycles. The molecule has 0 saturated carbocycles. The topological polar surface area (TPSA) is 32.3 Å². The number of likely N-dealkylation sites (tertiary alicyclic amines) is 1. The molecule has 0 bridgehead atoms. The SMILES string of the molecule is CCCCCCCCCNC(=O)C1CCCCN1C. The van der Waals surface area contributed by atoms with Crippen molar-refractivity contribution in [2.45, 2.75) is 77.2 Å². The number of nitrogens with one attached hydrogen (secondary N) is 1. The molecular formula is C16H32N2O. The molecule has 0 radical (unpaired) electrons. The maximum Gasteiger partial charge on any atom is 0.237 e. The summed E-state index contributed by atoms with van der Waals surface area (Å²) in [5.74, 6) is 0.244. The van der Waals surface area contributed by atoms with E-state index in [1.807, 2.05) is 0 Å². The Kier molecular flexibility index (Phi) is 8.89. The minimum absolute atomic E-state index is 0.123. The van der Waals surface area contributed by atoms with Crippen LogP contribution in [0, 0.1) is 0 Å². The molecule has 1 aliphatic rings. The second-order valence-corrected chi connectivity index (χ2v) is 5.90. The number of piperidine rings is 1. The number of carbonyl (C=O) groups is 1. The van der Waals surface area contributed by atoms with E-state index in [0.29, 0.717) is 0 Å². The van der Waals surface area contributed by atoms with Gasteiger partial charge in [-0.05, 0) is 32.9 Å². The predicted octanol–water partition coefficient (Wildman–Crippen LogP) is 3.34. The summed E-state index contributed by atoms with van der Waals surface area (Å²) in [5.41, 5.74) is 0. The van der Waals surface area contributed by atoms with Gasteiger partial charge in [0.15, 0.2) is 0 Å². The van der Waals surface area contributed by atoms with Gasteiger partial charge in [-0.15, -0.1) is 0 Å². The van der Waals surface area contributed by atoms with Gasteiger partial charge in [-0.25, -0.2) is 0 Å². The first-order chi connectivity index (χ1) is 9.25. The van der Waals surface area contributed by atoms with Crippen LogP contribution in [0.2, 0.25) is 0 Å². The number of hydrogen-bond donors (Lipinski definition) is 1. The lowest BCUT2D eigenvalue weighted by Gasteiger charge is -2.31. The van der Waals surface area contributed by atoms with Crippen LogP contribution >= 0.6 is 0 Å². The molecule has 1 heterocycles. The third kappa shape index (κ3) is 6.95. The zero-order valence-electron chi connectivity index (χ0n) is 12.9. The average Bonchev–Trinajstić information content (AvgIpc) is 2.42. The largest absolute Gasteiger partial charge is 0.355 e. The van der Waals surface area contributed by atoms with Crippen LogP contribution in [0.1, 0.15) is 71.1 Å². The first-order valence-corrected chi connectivity index (χ1v) is 8.23. The number of rotatable bonds is 9. The number of amides is 1. The molecule has 1 amide bonds. The van der Waals surface area contributed by atoms with Crippen LogP contribution in [0.25, 0.3) is 0 Å². The smallest absolute Gasteiger partial charge is 0.237 e. The Balaban J connectivity index is 1.98. The third-order valence-electron chi connectivity index (χ3n) is 4.15. The normalized spacial score (nSPS) is 20.4. The number of likely N-dealkylation sites (N-methyl/N-ethyl adjacent to an activating group) is 1. The predicted molar refractivity (Wildman–Crippen MR) is 81.3 cm³/mol. The quantitative estimate of drug-likeness (QED) is 0.651. The van der Waals surface area contributed by atoms with E-state index < -0.39 is 0 Å². The van der Waals surface area contributed by atoms with E-state index in [2.05, 4.69) is 24.2 Å². The van der Waals surface area contributed by atoms with E-state index in [4.69, 9.17) is 0 Å². The van der Waals surface area contributed by atoms with Gasteiger partial charge in [0.05, 0.1) is 6.04 Å². The second-order valence-electron chi connectivity index (χ2n) is 5.90. The van der Waals surface area contributed by atoms with E-state index in [0.717, 1.165) is 25.9 Å². The number of carbonyl (C=O) groups excluding carboxylic acids is 1. The summed E-state index contributed by atoms with van der Waals surface area (Å²) in [7, 11) is 2.07. The van der Waals surface area contributed by atoms with E-state index in [1.54, 1.807) is 0 Å². The molecule has 3 heteroatoms. The minimum Gasteiger partial charge on any atom is -0.355 e. The van der Waals surface area contributed by atoms with Crippen LogP contribution in [0.4, 0.5) is 0 Å². The van der Waals surface area contributed by atoms with Crippen LogP contribution in [0.5, 0.6) is 0 Å². The van der Waals surface area contributed by atoms with Crippen molar-refractivity contribution in [1.82, 2.24) is 10.2 Å². The first-order valence-electron chi connectivity index (χ1n) is 8.23. The molecule has 1 aliphatic heterocycles. The Morgan fingerprint density at radius 1 is 1.11 bits per heavy atom. The average molecular weight is 268 g/mol. The van der Waals surface area contributed by atoms with Gasteiger partial charge in [0.25, 0.3) is 0 Å². The van der Waals surface area contributed by atoms with Gasteiger partial charge in [0, 0.05) is 6.54 Å². The van der Waals surface area contributed by atoms with Crippen molar-refractivity contribution < 1.29 is 4.79 Å². The molecule has 0 spiro atoms. The Bertz CT molecular complexity index is 243. The Labute approximate surface area is 119 Å². The van der Waals surface area contributed by atoms with E-state index in [-0.39, 0.29) is 11.9 Å². The molecule has 0 aromatic rings. The van der Waals surface area contributed by atoms with Crippen molar-refractivity contribution >= 4 is 5.91 Å². The molecule has 1 unspecified atom stereocenters. The van der Waals surface area contributed by atoms with Crippen molar-refractivity contribution in [2.75, 3.05) is 20.1 Å². The highest BCUT2D eigenvalue weighted by Gasteiger charge is 2.25. The fraction of sp³-hybridized carbons (Fsp3) is 0.938. The van der Waals surface area contributed by atoms with Gasteiger partial charge in [-0.3, -0.25) is 9.69 Å². The summed E-state index contributed by atoms with van der Waals surface area (Å²) >= 11 is 0. The molecule has 1 N–H and O–H groups in total. The highest BCUT2D eigenvalue weighted by Crippen LogP contribution is 2.14. The zero-order valence-corrected chi connectivity index (χ0v) is 12.9. The highest BCUT2D eigenvalue weighted by molar-refractivity contribution is 5.81. The molecule has 1 rings (SSSR count). The van der Waals surface area contributed by atoms with Crippen molar-refractivity contribution in [1.29, 1.82) is 0 Å². The molecule has 0 aromatic heterocycles. The summed E-state index contributed by atoms with van der Waals surface area (Å²) in [6.45, 7) is 4.17. The van der Waals surface area contributed by atoms with Crippen molar-refractivity contribution in [3.63, 3.8) is 0 Å². The molecule has 0 aromatic carbocycles. The van der Waals surface area contributed by atoms with Gasteiger partial charge in [0.1, 0.15) is 0 Å². The van der Waals surface area contributed by atoms with Crippen LogP contribution in [-0.4, -0.2) is 37.0 Å². The lowest BCUT2D eigenvalue weighted by molar-refractivity contribution is -0.127. The monoisotopic (exact) mass is 268 g/mol. The lowest BCUT2D eigenvalue weighted by Crippen LogP contribution is -2.47. The number of hydrogen-bond acceptors (Lipinski definition) is 2.